The van der Waals surface area contributed by atoms with Crippen LogP contribution in [0.25, 0.3) is 0 Å². The molecule has 0 bridgehead atoms. The van der Waals surface area contributed by atoms with Crippen LogP contribution >= 0.6 is 15.9 Å². The Labute approximate surface area is 128 Å². The molecule has 2 rings (SSSR count). The Kier molecular flexibility index (Phi) is 4.87. The predicted octanol–water partition coefficient (Wildman–Crippen LogP) is 3.58. The molecule has 110 valence electrons. The van der Waals surface area contributed by atoms with Gasteiger partial charge in [-0.2, -0.15) is 0 Å². The van der Waals surface area contributed by atoms with Crippen LogP contribution in [-0.4, -0.2) is 11.5 Å². The minimum atomic E-state index is -0.635. The van der Waals surface area contributed by atoms with Crippen molar-refractivity contribution in [2.45, 2.75) is 6.04 Å². The van der Waals surface area contributed by atoms with Gasteiger partial charge in [0.1, 0.15) is 12.4 Å². The molecule has 0 aliphatic carbocycles. The van der Waals surface area contributed by atoms with Gasteiger partial charge < -0.3 is 10.5 Å². The molecule has 0 radical (unpaired) electrons. The fourth-order valence-electron chi connectivity index (χ4n) is 1.75. The molecular weight excluding hydrogens is 343 g/mol. The quantitative estimate of drug-likeness (QED) is 0.657. The Morgan fingerprint density at radius 1 is 1.33 bits per heavy atom. The minimum Gasteiger partial charge on any atom is -0.485 e. The second-order valence-corrected chi connectivity index (χ2v) is 5.17. The van der Waals surface area contributed by atoms with Crippen molar-refractivity contribution in [3.05, 3.63) is 68.4 Å². The van der Waals surface area contributed by atoms with Gasteiger partial charge in [0, 0.05) is 12.1 Å². The fourth-order valence-corrected chi connectivity index (χ4v) is 2.08. The summed E-state index contributed by atoms with van der Waals surface area (Å²) in [4.78, 5) is 10.3. The monoisotopic (exact) mass is 354 g/mol. The minimum absolute atomic E-state index is 0.00588. The molecule has 0 saturated carbocycles. The molecule has 0 fully saturated rings. The van der Waals surface area contributed by atoms with E-state index in [0.717, 1.165) is 17.7 Å². The first kappa shape index (κ1) is 15.4. The maximum atomic E-state index is 13.5. The number of nitro benzene ring substituents is 1. The molecule has 0 spiro atoms. The van der Waals surface area contributed by atoms with Crippen LogP contribution in [0.5, 0.6) is 5.75 Å². The SMILES string of the molecule is NC(COc1cc(F)c(Br)cc1[N+](=O)[O-])c1ccccc1. The topological polar surface area (TPSA) is 78.4 Å². The van der Waals surface area contributed by atoms with E-state index >= 15 is 0 Å². The number of ether oxygens (including phenoxy) is 1. The maximum Gasteiger partial charge on any atom is 0.312 e. The van der Waals surface area contributed by atoms with Gasteiger partial charge in [0.15, 0.2) is 5.75 Å². The molecule has 21 heavy (non-hydrogen) atoms. The van der Waals surface area contributed by atoms with Gasteiger partial charge in [-0.05, 0) is 21.5 Å². The molecule has 1 unspecified atom stereocenters. The molecule has 2 aromatic carbocycles. The molecule has 5 nitrogen and oxygen atoms in total. The summed E-state index contributed by atoms with van der Waals surface area (Å²) in [6.07, 6.45) is 0. The van der Waals surface area contributed by atoms with Gasteiger partial charge in [-0.15, -0.1) is 0 Å². The zero-order valence-electron chi connectivity index (χ0n) is 10.8. The first-order valence-electron chi connectivity index (χ1n) is 6.06. The van der Waals surface area contributed by atoms with Gasteiger partial charge in [-0.25, -0.2) is 4.39 Å². The van der Waals surface area contributed by atoms with E-state index in [0.29, 0.717) is 0 Å². The zero-order valence-corrected chi connectivity index (χ0v) is 12.4. The van der Waals surface area contributed by atoms with Crippen LogP contribution in [0.15, 0.2) is 46.9 Å². The van der Waals surface area contributed by atoms with Gasteiger partial charge in [0.2, 0.25) is 0 Å². The number of nitrogens with two attached hydrogens (primary N) is 1. The summed E-state index contributed by atoms with van der Waals surface area (Å²) in [7, 11) is 0. The fraction of sp³-hybridized carbons (Fsp3) is 0.143. The molecule has 0 aliphatic rings. The van der Waals surface area contributed by atoms with Crippen LogP contribution in [0.1, 0.15) is 11.6 Å². The van der Waals surface area contributed by atoms with E-state index in [2.05, 4.69) is 15.9 Å². The highest BCUT2D eigenvalue weighted by molar-refractivity contribution is 9.10. The molecule has 0 heterocycles. The number of nitro groups is 1. The molecule has 0 amide bonds. The van der Waals surface area contributed by atoms with Crippen molar-refractivity contribution in [2.75, 3.05) is 6.61 Å². The molecule has 0 saturated heterocycles. The smallest absolute Gasteiger partial charge is 0.312 e. The Hall–Kier alpha value is -1.99. The van der Waals surface area contributed by atoms with Crippen LogP contribution in [0.4, 0.5) is 10.1 Å². The highest BCUT2D eigenvalue weighted by atomic mass is 79.9. The van der Waals surface area contributed by atoms with Gasteiger partial charge in [-0.3, -0.25) is 10.1 Å². The highest BCUT2D eigenvalue weighted by Crippen LogP contribution is 2.32. The Morgan fingerprint density at radius 3 is 2.62 bits per heavy atom. The third-order valence-corrected chi connectivity index (χ3v) is 3.45. The number of hydrogen-bond donors (Lipinski definition) is 1. The summed E-state index contributed by atoms with van der Waals surface area (Å²) < 4.78 is 18.8. The molecule has 1 atom stereocenters. The van der Waals surface area contributed by atoms with E-state index in [-0.39, 0.29) is 22.5 Å². The summed E-state index contributed by atoms with van der Waals surface area (Å²) in [5.41, 5.74) is 6.45. The first-order chi connectivity index (χ1) is 9.99. The van der Waals surface area contributed by atoms with E-state index in [9.17, 15) is 14.5 Å². The summed E-state index contributed by atoms with van der Waals surface area (Å²) in [6, 6.07) is 10.7. The standard InChI is InChI=1S/C14H12BrFN2O3/c15-10-6-13(18(19)20)14(7-11(10)16)21-8-12(17)9-4-2-1-3-5-9/h1-7,12H,8,17H2. The van der Waals surface area contributed by atoms with Crippen molar-refractivity contribution in [3.8, 4) is 5.75 Å². The van der Waals surface area contributed by atoms with Gasteiger partial charge in [0.05, 0.1) is 15.4 Å². The van der Waals surface area contributed by atoms with Crippen molar-refractivity contribution in [2.24, 2.45) is 5.73 Å². The van der Waals surface area contributed by atoms with E-state index in [1.165, 1.54) is 0 Å². The zero-order chi connectivity index (χ0) is 15.4. The van der Waals surface area contributed by atoms with Crippen molar-refractivity contribution >= 4 is 21.6 Å². The van der Waals surface area contributed by atoms with Crippen molar-refractivity contribution < 1.29 is 14.1 Å². The van der Waals surface area contributed by atoms with E-state index in [1.807, 2.05) is 30.3 Å². The van der Waals surface area contributed by atoms with Crippen LogP contribution in [-0.2, 0) is 0 Å². The second-order valence-electron chi connectivity index (χ2n) is 4.32. The van der Waals surface area contributed by atoms with Gasteiger partial charge >= 0.3 is 5.69 Å². The van der Waals surface area contributed by atoms with Crippen LogP contribution in [0.3, 0.4) is 0 Å². The summed E-state index contributed by atoms with van der Waals surface area (Å²) in [5.74, 6) is -0.782. The largest absolute Gasteiger partial charge is 0.485 e. The van der Waals surface area contributed by atoms with E-state index < -0.39 is 16.8 Å². The lowest BCUT2D eigenvalue weighted by Crippen LogP contribution is -2.19. The number of benzene rings is 2. The van der Waals surface area contributed by atoms with E-state index in [4.69, 9.17) is 10.5 Å². The average molecular weight is 355 g/mol. The third-order valence-electron chi connectivity index (χ3n) is 2.84. The van der Waals surface area contributed by atoms with Crippen LogP contribution in [0.2, 0.25) is 0 Å². The molecular formula is C14H12BrFN2O3. The average Bonchev–Trinajstić information content (AvgIpc) is 2.48. The lowest BCUT2D eigenvalue weighted by Gasteiger charge is -2.13. The lowest BCUT2D eigenvalue weighted by atomic mass is 10.1. The maximum absolute atomic E-state index is 13.5. The number of nitrogens with zero attached hydrogens (tertiary/aromatic N) is 1. The third kappa shape index (κ3) is 3.77. The van der Waals surface area contributed by atoms with Crippen molar-refractivity contribution in [1.82, 2.24) is 0 Å². The van der Waals surface area contributed by atoms with Crippen molar-refractivity contribution in [3.63, 3.8) is 0 Å². The predicted molar refractivity (Wildman–Crippen MR) is 79.6 cm³/mol. The number of rotatable bonds is 5. The Bertz CT molecular complexity index is 652. The van der Waals surface area contributed by atoms with Gasteiger partial charge in [-0.1, -0.05) is 30.3 Å². The molecule has 2 aromatic rings. The Balaban J connectivity index is 2.16. The van der Waals surface area contributed by atoms with E-state index in [1.54, 1.807) is 0 Å². The number of hydrogen-bond acceptors (Lipinski definition) is 4. The summed E-state index contributed by atoms with van der Waals surface area (Å²) in [6.45, 7) is 0.00588. The molecule has 0 aromatic heterocycles. The lowest BCUT2D eigenvalue weighted by molar-refractivity contribution is -0.386. The second kappa shape index (κ2) is 6.64. The Morgan fingerprint density at radius 2 is 2.00 bits per heavy atom. The highest BCUT2D eigenvalue weighted by Gasteiger charge is 2.20. The molecule has 2 N–H and O–H groups in total. The first-order valence-corrected chi connectivity index (χ1v) is 6.85. The van der Waals surface area contributed by atoms with Gasteiger partial charge in [0.25, 0.3) is 0 Å². The summed E-state index contributed by atoms with van der Waals surface area (Å²) >= 11 is 2.91. The van der Waals surface area contributed by atoms with Crippen LogP contribution in [0, 0.1) is 15.9 Å². The molecule has 0 aliphatic heterocycles. The normalized spacial score (nSPS) is 12.0. The molecule has 7 heteroatoms. The summed E-state index contributed by atoms with van der Waals surface area (Å²) in [5, 5.41) is 11.0. The van der Waals surface area contributed by atoms with Crippen molar-refractivity contribution in [1.29, 1.82) is 0 Å². The van der Waals surface area contributed by atoms with Crippen LogP contribution < -0.4 is 10.5 Å². The number of halogens is 2.